The molecule has 1 aliphatic heterocycles. The van der Waals surface area contributed by atoms with Gasteiger partial charge in [-0.05, 0) is 49.1 Å². The number of amides is 1. The van der Waals surface area contributed by atoms with Gasteiger partial charge in [0.1, 0.15) is 0 Å². The summed E-state index contributed by atoms with van der Waals surface area (Å²) in [7, 11) is 0. The van der Waals surface area contributed by atoms with Crippen LogP contribution in [0.15, 0.2) is 48.5 Å². The molecule has 4 rings (SSSR count). The van der Waals surface area contributed by atoms with Gasteiger partial charge in [-0.25, -0.2) is 4.98 Å². The van der Waals surface area contributed by atoms with Crippen molar-refractivity contribution in [3.05, 3.63) is 59.1 Å². The predicted octanol–water partition coefficient (Wildman–Crippen LogP) is 3.79. The number of hydrogen-bond acceptors (Lipinski definition) is 3. The molecule has 1 amide bonds. The molecule has 27 heavy (non-hydrogen) atoms. The van der Waals surface area contributed by atoms with Gasteiger partial charge in [-0.3, -0.25) is 4.79 Å². The second kappa shape index (κ2) is 8.01. The van der Waals surface area contributed by atoms with Crippen LogP contribution in [0.2, 0.25) is 5.02 Å². The quantitative estimate of drug-likeness (QED) is 0.705. The molecule has 1 fully saturated rings. The number of anilines is 1. The van der Waals surface area contributed by atoms with E-state index >= 15 is 0 Å². The molecule has 0 radical (unpaired) electrons. The van der Waals surface area contributed by atoms with E-state index in [9.17, 15) is 4.79 Å². The third kappa shape index (κ3) is 4.25. The summed E-state index contributed by atoms with van der Waals surface area (Å²) in [6.45, 7) is 2.27. The minimum absolute atomic E-state index is 0.00261. The molecule has 2 aromatic carbocycles. The van der Waals surface area contributed by atoms with E-state index in [1.54, 1.807) is 0 Å². The third-order valence-electron chi connectivity index (χ3n) is 5.09. The number of hydrogen-bond donors (Lipinski definition) is 2. The third-order valence-corrected chi connectivity index (χ3v) is 5.35. The highest BCUT2D eigenvalue weighted by molar-refractivity contribution is 6.30. The van der Waals surface area contributed by atoms with Crippen LogP contribution in [0.5, 0.6) is 0 Å². The van der Waals surface area contributed by atoms with Crippen LogP contribution in [0.4, 0.5) is 5.95 Å². The number of rotatable bonds is 5. The highest BCUT2D eigenvalue weighted by Crippen LogP contribution is 2.23. The number of H-pyrrole nitrogens is 1. The zero-order valence-corrected chi connectivity index (χ0v) is 15.9. The van der Waals surface area contributed by atoms with Crippen molar-refractivity contribution in [2.75, 3.05) is 24.5 Å². The highest BCUT2D eigenvalue weighted by atomic mass is 35.5. The molecule has 0 unspecified atom stereocenters. The number of aromatic nitrogens is 2. The van der Waals surface area contributed by atoms with E-state index in [-0.39, 0.29) is 11.8 Å². The van der Waals surface area contributed by atoms with Gasteiger partial charge >= 0.3 is 0 Å². The number of nitrogens with zero attached hydrogens (tertiary/aromatic N) is 2. The molecule has 2 heterocycles. The first-order valence-electron chi connectivity index (χ1n) is 9.41. The summed E-state index contributed by atoms with van der Waals surface area (Å²) >= 11 is 5.91. The Balaban J connectivity index is 1.33. The number of nitrogens with one attached hydrogen (secondary N) is 2. The lowest BCUT2D eigenvalue weighted by atomic mass is 9.97. The topological polar surface area (TPSA) is 61.0 Å². The van der Waals surface area contributed by atoms with Crippen molar-refractivity contribution >= 4 is 34.5 Å². The summed E-state index contributed by atoms with van der Waals surface area (Å²) < 4.78 is 0. The monoisotopic (exact) mass is 382 g/mol. The molecule has 0 saturated carbocycles. The Morgan fingerprint density at radius 3 is 2.85 bits per heavy atom. The molecule has 0 spiro atoms. The Labute approximate surface area is 163 Å². The Morgan fingerprint density at radius 2 is 2.04 bits per heavy atom. The highest BCUT2D eigenvalue weighted by Gasteiger charge is 2.27. The van der Waals surface area contributed by atoms with Gasteiger partial charge in [-0.1, -0.05) is 35.9 Å². The second-order valence-corrected chi connectivity index (χ2v) is 7.47. The van der Waals surface area contributed by atoms with Crippen molar-refractivity contribution in [3.8, 4) is 0 Å². The maximum atomic E-state index is 12.6. The molecule has 0 bridgehead atoms. The Bertz CT molecular complexity index is 888. The minimum Gasteiger partial charge on any atom is -0.355 e. The number of carbonyl (C=O) groups excluding carboxylic acids is 1. The lowest BCUT2D eigenvalue weighted by Gasteiger charge is -2.31. The summed E-state index contributed by atoms with van der Waals surface area (Å²) in [5, 5.41) is 3.82. The number of fused-ring (bicyclic) bond motifs is 1. The average molecular weight is 383 g/mol. The maximum Gasteiger partial charge on any atom is 0.224 e. The normalized spacial score (nSPS) is 17.2. The number of para-hydroxylation sites is 2. The Kier molecular flexibility index (Phi) is 5.30. The molecular weight excluding hydrogens is 360 g/mol. The number of piperidine rings is 1. The molecule has 6 heteroatoms. The van der Waals surface area contributed by atoms with Crippen LogP contribution in [0, 0.1) is 5.92 Å². The molecule has 1 aliphatic rings. The zero-order valence-electron chi connectivity index (χ0n) is 15.1. The van der Waals surface area contributed by atoms with E-state index in [4.69, 9.17) is 11.6 Å². The number of carbonyl (C=O) groups is 1. The van der Waals surface area contributed by atoms with Gasteiger partial charge in [0, 0.05) is 24.7 Å². The van der Waals surface area contributed by atoms with Crippen molar-refractivity contribution in [1.29, 1.82) is 0 Å². The molecular formula is C21H23ClN4O. The summed E-state index contributed by atoms with van der Waals surface area (Å²) in [6, 6.07) is 15.8. The van der Waals surface area contributed by atoms with E-state index < -0.39 is 0 Å². The fraction of sp³-hybridized carbons (Fsp3) is 0.333. The SMILES string of the molecule is O=C(NCCc1ccc(Cl)cc1)[C@@H]1CCCN(c2nc3ccccc3[nH]2)C1. The number of imidazole rings is 1. The van der Waals surface area contributed by atoms with Crippen molar-refractivity contribution in [3.63, 3.8) is 0 Å². The van der Waals surface area contributed by atoms with Crippen LogP contribution in [0.25, 0.3) is 11.0 Å². The first kappa shape index (κ1) is 17.9. The van der Waals surface area contributed by atoms with Crippen LogP contribution < -0.4 is 10.2 Å². The smallest absolute Gasteiger partial charge is 0.224 e. The summed E-state index contributed by atoms with van der Waals surface area (Å²) in [5.74, 6) is 0.983. The molecule has 1 aromatic heterocycles. The molecule has 5 nitrogen and oxygen atoms in total. The van der Waals surface area contributed by atoms with Crippen LogP contribution in [0.3, 0.4) is 0 Å². The molecule has 1 saturated heterocycles. The van der Waals surface area contributed by atoms with E-state index in [1.807, 2.05) is 48.5 Å². The molecule has 0 aliphatic carbocycles. The first-order chi connectivity index (χ1) is 13.2. The van der Waals surface area contributed by atoms with Crippen molar-refractivity contribution < 1.29 is 4.79 Å². The summed E-state index contributed by atoms with van der Waals surface area (Å²) in [6.07, 6.45) is 2.72. The lowest BCUT2D eigenvalue weighted by molar-refractivity contribution is -0.125. The van der Waals surface area contributed by atoms with Crippen molar-refractivity contribution in [2.24, 2.45) is 5.92 Å². The minimum atomic E-state index is -0.00261. The second-order valence-electron chi connectivity index (χ2n) is 7.03. The fourth-order valence-corrected chi connectivity index (χ4v) is 3.72. The van der Waals surface area contributed by atoms with Gasteiger partial charge < -0.3 is 15.2 Å². The van der Waals surface area contributed by atoms with Gasteiger partial charge in [0.2, 0.25) is 11.9 Å². The molecule has 140 valence electrons. The van der Waals surface area contributed by atoms with Crippen LogP contribution in [0.1, 0.15) is 18.4 Å². The van der Waals surface area contributed by atoms with Crippen molar-refractivity contribution in [2.45, 2.75) is 19.3 Å². The fourth-order valence-electron chi connectivity index (χ4n) is 3.60. The average Bonchev–Trinajstić information content (AvgIpc) is 3.14. The standard InChI is InChI=1S/C21H23ClN4O/c22-17-9-7-15(8-10-17)11-12-23-20(27)16-4-3-13-26(14-16)21-24-18-5-1-2-6-19(18)25-21/h1-2,5-10,16H,3-4,11-14H2,(H,23,27)(H,24,25)/t16-/m1/s1. The van der Waals surface area contributed by atoms with Crippen LogP contribution >= 0.6 is 11.6 Å². The number of benzene rings is 2. The van der Waals surface area contributed by atoms with Gasteiger partial charge in [0.05, 0.1) is 17.0 Å². The van der Waals surface area contributed by atoms with E-state index in [2.05, 4.69) is 20.2 Å². The maximum absolute atomic E-state index is 12.6. The Morgan fingerprint density at radius 1 is 1.22 bits per heavy atom. The van der Waals surface area contributed by atoms with Crippen LogP contribution in [-0.4, -0.2) is 35.5 Å². The largest absolute Gasteiger partial charge is 0.355 e. The van der Waals surface area contributed by atoms with Gasteiger partial charge in [0.15, 0.2) is 0 Å². The Hall–Kier alpha value is -2.53. The predicted molar refractivity (Wildman–Crippen MR) is 109 cm³/mol. The van der Waals surface area contributed by atoms with Crippen LogP contribution in [-0.2, 0) is 11.2 Å². The first-order valence-corrected chi connectivity index (χ1v) is 9.79. The molecule has 2 N–H and O–H groups in total. The van der Waals surface area contributed by atoms with Gasteiger partial charge in [0.25, 0.3) is 0 Å². The summed E-state index contributed by atoms with van der Waals surface area (Å²) in [5.41, 5.74) is 3.16. The van der Waals surface area contributed by atoms with Crippen molar-refractivity contribution in [1.82, 2.24) is 15.3 Å². The number of halogens is 1. The van der Waals surface area contributed by atoms with Gasteiger partial charge in [-0.15, -0.1) is 0 Å². The number of aromatic amines is 1. The lowest BCUT2D eigenvalue weighted by Crippen LogP contribution is -2.43. The van der Waals surface area contributed by atoms with E-state index in [1.165, 1.54) is 5.56 Å². The summed E-state index contributed by atoms with van der Waals surface area (Å²) in [4.78, 5) is 22.8. The van der Waals surface area contributed by atoms with E-state index in [0.29, 0.717) is 13.1 Å². The van der Waals surface area contributed by atoms with Gasteiger partial charge in [-0.2, -0.15) is 0 Å². The molecule has 3 aromatic rings. The molecule has 1 atom stereocenters. The zero-order chi connectivity index (χ0) is 18.6. The van der Waals surface area contributed by atoms with E-state index in [0.717, 1.165) is 47.8 Å².